The fourth-order valence-corrected chi connectivity index (χ4v) is 2.99. The number of carboxylic acid groups (broad SMARTS) is 1. The first-order valence-corrected chi connectivity index (χ1v) is 7.05. The van der Waals surface area contributed by atoms with E-state index in [4.69, 9.17) is 0 Å². The average molecular weight is 288 g/mol. The third kappa shape index (κ3) is 2.16. The van der Waals surface area contributed by atoms with Gasteiger partial charge in [0, 0.05) is 6.04 Å². The molecule has 0 aliphatic heterocycles. The van der Waals surface area contributed by atoms with E-state index in [0.29, 0.717) is 11.4 Å². The Labute approximate surface area is 120 Å². The predicted molar refractivity (Wildman–Crippen MR) is 77.8 cm³/mol. The third-order valence-corrected chi connectivity index (χ3v) is 4.06. The molecule has 1 fully saturated rings. The summed E-state index contributed by atoms with van der Waals surface area (Å²) in [6.07, 6.45) is 2.89. The highest BCUT2D eigenvalue weighted by Gasteiger charge is 2.39. The number of benzene rings is 1. The van der Waals surface area contributed by atoms with Crippen molar-refractivity contribution in [1.29, 1.82) is 0 Å². The minimum atomic E-state index is -1.12. The van der Waals surface area contributed by atoms with Gasteiger partial charge < -0.3 is 10.1 Å². The van der Waals surface area contributed by atoms with Crippen molar-refractivity contribution in [3.8, 4) is 0 Å². The number of para-hydroxylation sites is 1. The number of aromatic nitrogens is 2. The minimum Gasteiger partial charge on any atom is -0.478 e. The monoisotopic (exact) mass is 288 g/mol. The molecule has 2 atom stereocenters. The van der Waals surface area contributed by atoms with Crippen LogP contribution in [0.1, 0.15) is 42.6 Å². The first-order valence-electron chi connectivity index (χ1n) is 7.05. The predicted octanol–water partition coefficient (Wildman–Crippen LogP) is 1.75. The lowest BCUT2D eigenvalue weighted by molar-refractivity contribution is 0.0699. The van der Waals surface area contributed by atoms with Crippen LogP contribution in [0.4, 0.5) is 0 Å². The van der Waals surface area contributed by atoms with Gasteiger partial charge in [0.1, 0.15) is 0 Å². The van der Waals surface area contributed by atoms with Gasteiger partial charge in [0.05, 0.1) is 16.6 Å². The van der Waals surface area contributed by atoms with E-state index in [1.807, 2.05) is 0 Å². The summed E-state index contributed by atoms with van der Waals surface area (Å²) >= 11 is 0. The smallest absolute Gasteiger partial charge is 0.337 e. The molecular formula is C15H16N2O4. The van der Waals surface area contributed by atoms with E-state index < -0.39 is 17.1 Å². The summed E-state index contributed by atoms with van der Waals surface area (Å²) in [5, 5.41) is 9.21. The van der Waals surface area contributed by atoms with Gasteiger partial charge in [0.2, 0.25) is 0 Å². The highest BCUT2D eigenvalue weighted by atomic mass is 16.4. The molecule has 0 saturated heterocycles. The van der Waals surface area contributed by atoms with Crippen molar-refractivity contribution in [3.05, 3.63) is 44.5 Å². The highest BCUT2D eigenvalue weighted by molar-refractivity contribution is 6.00. The van der Waals surface area contributed by atoms with Crippen LogP contribution in [0.15, 0.2) is 27.8 Å². The van der Waals surface area contributed by atoms with Crippen molar-refractivity contribution in [3.63, 3.8) is 0 Å². The lowest BCUT2D eigenvalue weighted by atomic mass is 10.1. The minimum absolute atomic E-state index is 0.00559. The number of carboxylic acids is 1. The van der Waals surface area contributed by atoms with E-state index in [0.717, 1.165) is 19.3 Å². The molecule has 1 aromatic heterocycles. The first kappa shape index (κ1) is 13.6. The van der Waals surface area contributed by atoms with Crippen LogP contribution in [0.25, 0.3) is 11.0 Å². The first-order chi connectivity index (χ1) is 10.0. The topological polar surface area (TPSA) is 92.2 Å². The number of aromatic amines is 1. The molecule has 1 heterocycles. The quantitative estimate of drug-likeness (QED) is 0.838. The summed E-state index contributed by atoms with van der Waals surface area (Å²) in [4.78, 5) is 37.7. The highest BCUT2D eigenvalue weighted by Crippen LogP contribution is 2.46. The second kappa shape index (κ2) is 4.87. The van der Waals surface area contributed by atoms with E-state index in [9.17, 15) is 19.5 Å². The Hall–Kier alpha value is -2.37. The van der Waals surface area contributed by atoms with Gasteiger partial charge in [-0.25, -0.2) is 4.79 Å². The van der Waals surface area contributed by atoms with Crippen LogP contribution in [0, 0.1) is 5.92 Å². The number of nitrogens with one attached hydrogen (secondary N) is 1. The van der Waals surface area contributed by atoms with E-state index in [2.05, 4.69) is 11.9 Å². The molecule has 1 aliphatic carbocycles. The maximum atomic E-state index is 12.2. The van der Waals surface area contributed by atoms with Crippen LogP contribution in [0.3, 0.4) is 0 Å². The Morgan fingerprint density at radius 2 is 2.19 bits per heavy atom. The van der Waals surface area contributed by atoms with Gasteiger partial charge in [-0.2, -0.15) is 0 Å². The zero-order chi connectivity index (χ0) is 15.1. The summed E-state index contributed by atoms with van der Waals surface area (Å²) in [6.45, 7) is 2.08. The second-order valence-corrected chi connectivity index (χ2v) is 5.49. The largest absolute Gasteiger partial charge is 0.478 e. The fourth-order valence-electron chi connectivity index (χ4n) is 2.99. The van der Waals surface area contributed by atoms with Gasteiger partial charge in [-0.3, -0.25) is 14.2 Å². The molecule has 2 N–H and O–H groups in total. The second-order valence-electron chi connectivity index (χ2n) is 5.49. The molecule has 0 amide bonds. The fraction of sp³-hybridized carbons (Fsp3) is 0.400. The van der Waals surface area contributed by atoms with Crippen molar-refractivity contribution >= 4 is 17.0 Å². The molecule has 6 heteroatoms. The van der Waals surface area contributed by atoms with Gasteiger partial charge in [-0.05, 0) is 30.9 Å². The zero-order valence-corrected chi connectivity index (χ0v) is 11.6. The van der Waals surface area contributed by atoms with Crippen LogP contribution in [-0.2, 0) is 0 Å². The maximum absolute atomic E-state index is 12.2. The number of H-pyrrole nitrogens is 1. The average Bonchev–Trinajstić information content (AvgIpc) is 3.19. The summed E-state index contributed by atoms with van der Waals surface area (Å²) in [5.41, 5.74) is -0.655. The Kier molecular flexibility index (Phi) is 3.16. The zero-order valence-electron chi connectivity index (χ0n) is 11.6. The van der Waals surface area contributed by atoms with Crippen LogP contribution in [0.2, 0.25) is 0 Å². The molecule has 2 unspecified atom stereocenters. The van der Waals surface area contributed by atoms with Gasteiger partial charge >= 0.3 is 17.1 Å². The summed E-state index contributed by atoms with van der Waals surface area (Å²) in [6, 6.07) is 4.70. The third-order valence-electron chi connectivity index (χ3n) is 4.06. The van der Waals surface area contributed by atoms with E-state index in [1.165, 1.54) is 10.6 Å². The van der Waals surface area contributed by atoms with Crippen LogP contribution in [-0.4, -0.2) is 20.6 Å². The molecule has 110 valence electrons. The lowest BCUT2D eigenvalue weighted by Gasteiger charge is -2.10. The van der Waals surface area contributed by atoms with E-state index in [-0.39, 0.29) is 17.1 Å². The lowest BCUT2D eigenvalue weighted by Crippen LogP contribution is -2.36. The van der Waals surface area contributed by atoms with Crippen LogP contribution in [0.5, 0.6) is 0 Å². The van der Waals surface area contributed by atoms with Crippen molar-refractivity contribution < 1.29 is 9.90 Å². The van der Waals surface area contributed by atoms with Gasteiger partial charge in [0.15, 0.2) is 0 Å². The van der Waals surface area contributed by atoms with E-state index in [1.54, 1.807) is 12.1 Å². The van der Waals surface area contributed by atoms with Gasteiger partial charge in [0.25, 0.3) is 0 Å². The Balaban J connectivity index is 2.27. The van der Waals surface area contributed by atoms with Gasteiger partial charge in [-0.1, -0.05) is 19.4 Å². The normalized spacial score (nSPS) is 20.6. The summed E-state index contributed by atoms with van der Waals surface area (Å²) in [7, 11) is 0. The molecule has 1 aromatic carbocycles. The van der Waals surface area contributed by atoms with Crippen molar-refractivity contribution in [2.24, 2.45) is 5.92 Å². The number of hydrogen-bond acceptors (Lipinski definition) is 3. The molecule has 0 spiro atoms. The SMILES string of the molecule is CCCC1CC1n1c(=O)c(=O)[nH]c2c(C(=O)O)cccc21. The molecule has 0 bridgehead atoms. The van der Waals surface area contributed by atoms with Crippen LogP contribution < -0.4 is 11.1 Å². The molecular weight excluding hydrogens is 272 g/mol. The Bertz CT molecular complexity index is 834. The van der Waals surface area contributed by atoms with E-state index >= 15 is 0 Å². The van der Waals surface area contributed by atoms with Crippen LogP contribution >= 0.6 is 0 Å². The summed E-state index contributed by atoms with van der Waals surface area (Å²) in [5.74, 6) is -0.728. The van der Waals surface area contributed by atoms with Gasteiger partial charge in [-0.15, -0.1) is 0 Å². The number of aromatic carboxylic acids is 1. The van der Waals surface area contributed by atoms with Crippen molar-refractivity contribution in [2.45, 2.75) is 32.2 Å². The molecule has 6 nitrogen and oxygen atoms in total. The Morgan fingerprint density at radius 1 is 1.43 bits per heavy atom. The molecule has 21 heavy (non-hydrogen) atoms. The van der Waals surface area contributed by atoms with Crippen molar-refractivity contribution in [2.75, 3.05) is 0 Å². The Morgan fingerprint density at radius 3 is 2.86 bits per heavy atom. The summed E-state index contributed by atoms with van der Waals surface area (Å²) < 4.78 is 1.47. The molecule has 2 aromatic rings. The maximum Gasteiger partial charge on any atom is 0.337 e. The number of nitrogens with zero attached hydrogens (tertiary/aromatic N) is 1. The number of hydrogen-bond donors (Lipinski definition) is 2. The number of rotatable bonds is 4. The van der Waals surface area contributed by atoms with Crippen molar-refractivity contribution in [1.82, 2.24) is 9.55 Å². The molecule has 3 rings (SSSR count). The molecule has 1 saturated carbocycles. The molecule has 0 radical (unpaired) electrons. The molecule has 1 aliphatic rings. The number of fused-ring (bicyclic) bond motifs is 1. The number of carbonyl (C=O) groups is 1. The standard InChI is InChI=1S/C15H16N2O4/c1-2-4-8-7-11(8)17-10-6-3-5-9(15(20)21)12(10)16-13(18)14(17)19/h3,5-6,8,11H,2,4,7H2,1H3,(H,16,18)(H,20,21).